The van der Waals surface area contributed by atoms with Crippen molar-refractivity contribution >= 4 is 5.91 Å². The summed E-state index contributed by atoms with van der Waals surface area (Å²) in [6.45, 7) is 1.81. The van der Waals surface area contributed by atoms with Crippen LogP contribution in [0.4, 0.5) is 0 Å². The molecule has 2 aromatic rings. The Kier molecular flexibility index (Phi) is 7.45. The molecule has 1 unspecified atom stereocenters. The van der Waals surface area contributed by atoms with Gasteiger partial charge in [0, 0.05) is 13.5 Å². The Bertz CT molecular complexity index is 868. The van der Waals surface area contributed by atoms with E-state index in [1.165, 1.54) is 31.7 Å². The average molecular weight is 440 g/mol. The van der Waals surface area contributed by atoms with Crippen LogP contribution in [0.1, 0.15) is 49.8 Å². The first-order valence-corrected chi connectivity index (χ1v) is 11.6. The van der Waals surface area contributed by atoms with Gasteiger partial charge in [-0.3, -0.25) is 4.79 Å². The van der Waals surface area contributed by atoms with E-state index in [0.717, 1.165) is 17.9 Å². The van der Waals surface area contributed by atoms with Gasteiger partial charge in [0.25, 0.3) is 0 Å². The third-order valence-electron chi connectivity index (χ3n) is 6.63. The molecule has 2 fully saturated rings. The lowest BCUT2D eigenvalue weighted by Gasteiger charge is -2.43. The fraction of sp³-hybridized carbons (Fsp3) is 0.500. The van der Waals surface area contributed by atoms with Crippen LogP contribution in [0.5, 0.6) is 5.75 Å². The van der Waals surface area contributed by atoms with Gasteiger partial charge in [0.1, 0.15) is 18.0 Å². The highest BCUT2D eigenvalue weighted by molar-refractivity contribution is 5.72. The van der Waals surface area contributed by atoms with Crippen LogP contribution in [0.15, 0.2) is 54.6 Å². The molecule has 172 valence electrons. The molecule has 1 aliphatic heterocycles. The summed E-state index contributed by atoms with van der Waals surface area (Å²) in [5.74, 6) is 0.774. The van der Waals surface area contributed by atoms with Gasteiger partial charge in [0.15, 0.2) is 0 Å². The van der Waals surface area contributed by atoms with E-state index >= 15 is 0 Å². The second kappa shape index (κ2) is 10.5. The standard InChI is InChI=1S/C26H33NO5/c1-17(28)27-15-14-22-23(29)24(30)25(32-26(22)31-21-8-3-2-4-9-21)20-12-10-19(11-13-20)16-18-6-5-7-18/h2-4,8-13,18,22-26,29-30H,5-7,14-16H2,1H3,(H,27,28)/t22-,23-,24-,25-,26?/m1/s1. The second-order valence-corrected chi connectivity index (χ2v) is 9.02. The van der Waals surface area contributed by atoms with Crippen LogP contribution in [0.25, 0.3) is 0 Å². The van der Waals surface area contributed by atoms with Gasteiger partial charge in [-0.15, -0.1) is 0 Å². The number of aliphatic hydroxyl groups is 2. The summed E-state index contributed by atoms with van der Waals surface area (Å²) in [6.07, 6.45) is 1.83. The van der Waals surface area contributed by atoms with Crippen LogP contribution < -0.4 is 10.1 Å². The summed E-state index contributed by atoms with van der Waals surface area (Å²) in [5, 5.41) is 24.6. The third kappa shape index (κ3) is 5.49. The first-order chi connectivity index (χ1) is 15.5. The predicted molar refractivity (Wildman–Crippen MR) is 121 cm³/mol. The molecule has 1 heterocycles. The molecular weight excluding hydrogens is 406 g/mol. The van der Waals surface area contributed by atoms with Gasteiger partial charge < -0.3 is 25.0 Å². The van der Waals surface area contributed by atoms with Gasteiger partial charge in [-0.25, -0.2) is 0 Å². The molecule has 6 heteroatoms. The molecule has 5 atom stereocenters. The van der Waals surface area contributed by atoms with E-state index in [2.05, 4.69) is 17.4 Å². The maximum Gasteiger partial charge on any atom is 0.216 e. The van der Waals surface area contributed by atoms with Gasteiger partial charge in [0.2, 0.25) is 12.2 Å². The number of benzene rings is 2. The largest absolute Gasteiger partial charge is 0.465 e. The summed E-state index contributed by atoms with van der Waals surface area (Å²) >= 11 is 0. The lowest BCUT2D eigenvalue weighted by molar-refractivity contribution is -0.257. The quantitative estimate of drug-likeness (QED) is 0.587. The minimum atomic E-state index is -1.09. The maximum atomic E-state index is 11.3. The zero-order valence-corrected chi connectivity index (χ0v) is 18.5. The lowest BCUT2D eigenvalue weighted by atomic mass is 9.80. The van der Waals surface area contributed by atoms with E-state index in [1.807, 2.05) is 42.5 Å². The minimum absolute atomic E-state index is 0.142. The Morgan fingerprint density at radius 2 is 1.78 bits per heavy atom. The predicted octanol–water partition coefficient (Wildman–Crippen LogP) is 3.37. The van der Waals surface area contributed by atoms with E-state index in [9.17, 15) is 15.0 Å². The molecule has 0 radical (unpaired) electrons. The SMILES string of the molecule is CC(=O)NCC[C@H]1C(Oc2ccccc2)O[C@H](c2ccc(CC3CCC3)cc2)[C@H](O)[C@@H]1O. The molecule has 1 saturated heterocycles. The van der Waals surface area contributed by atoms with Crippen LogP contribution in [0.3, 0.4) is 0 Å². The zero-order valence-electron chi connectivity index (χ0n) is 18.5. The number of nitrogens with one attached hydrogen (secondary N) is 1. The monoisotopic (exact) mass is 439 g/mol. The summed E-state index contributed by atoms with van der Waals surface area (Å²) in [7, 11) is 0. The average Bonchev–Trinajstić information content (AvgIpc) is 2.76. The number of carbonyl (C=O) groups is 1. The molecule has 6 nitrogen and oxygen atoms in total. The molecule has 0 aromatic heterocycles. The van der Waals surface area contributed by atoms with Crippen LogP contribution in [-0.2, 0) is 16.0 Å². The van der Waals surface area contributed by atoms with E-state index in [4.69, 9.17) is 9.47 Å². The maximum absolute atomic E-state index is 11.3. The highest BCUT2D eigenvalue weighted by Crippen LogP contribution is 2.38. The first kappa shape index (κ1) is 22.8. The molecule has 32 heavy (non-hydrogen) atoms. The molecule has 4 rings (SSSR count). The second-order valence-electron chi connectivity index (χ2n) is 9.02. The van der Waals surface area contributed by atoms with Gasteiger partial charge >= 0.3 is 0 Å². The zero-order chi connectivity index (χ0) is 22.5. The molecule has 1 amide bonds. The molecule has 0 spiro atoms. The molecule has 1 aliphatic carbocycles. The molecule has 2 aromatic carbocycles. The van der Waals surface area contributed by atoms with Crippen molar-refractivity contribution in [3.8, 4) is 5.75 Å². The summed E-state index contributed by atoms with van der Waals surface area (Å²) < 4.78 is 12.3. The Labute approximate surface area is 189 Å². The molecule has 1 saturated carbocycles. The van der Waals surface area contributed by atoms with Gasteiger partial charge in [-0.05, 0) is 42.0 Å². The van der Waals surface area contributed by atoms with Gasteiger partial charge in [-0.2, -0.15) is 0 Å². The van der Waals surface area contributed by atoms with Crippen molar-refractivity contribution in [2.24, 2.45) is 11.8 Å². The molecule has 3 N–H and O–H groups in total. The molecule has 0 bridgehead atoms. The number of rotatable bonds is 8. The van der Waals surface area contributed by atoms with Crippen molar-refractivity contribution in [1.29, 1.82) is 0 Å². The Balaban J connectivity index is 1.50. The Morgan fingerprint density at radius 1 is 1.06 bits per heavy atom. The summed E-state index contributed by atoms with van der Waals surface area (Å²) in [4.78, 5) is 11.3. The Hall–Kier alpha value is -2.41. The Morgan fingerprint density at radius 3 is 2.41 bits per heavy atom. The summed E-state index contributed by atoms with van der Waals surface area (Å²) in [6, 6.07) is 17.4. The van der Waals surface area contributed by atoms with Gasteiger partial charge in [-0.1, -0.05) is 61.7 Å². The summed E-state index contributed by atoms with van der Waals surface area (Å²) in [5.41, 5.74) is 2.10. The van der Waals surface area contributed by atoms with E-state index in [0.29, 0.717) is 18.7 Å². The van der Waals surface area contributed by atoms with Crippen molar-refractivity contribution < 1.29 is 24.5 Å². The van der Waals surface area contributed by atoms with Gasteiger partial charge in [0.05, 0.1) is 12.0 Å². The van der Waals surface area contributed by atoms with Crippen molar-refractivity contribution in [1.82, 2.24) is 5.32 Å². The third-order valence-corrected chi connectivity index (χ3v) is 6.63. The number of hydrogen-bond acceptors (Lipinski definition) is 5. The fourth-order valence-corrected chi connectivity index (χ4v) is 4.54. The van der Waals surface area contributed by atoms with E-state index in [1.54, 1.807) is 0 Å². The number of ether oxygens (including phenoxy) is 2. The van der Waals surface area contributed by atoms with Crippen LogP contribution in [0, 0.1) is 11.8 Å². The fourth-order valence-electron chi connectivity index (χ4n) is 4.54. The first-order valence-electron chi connectivity index (χ1n) is 11.6. The van der Waals surface area contributed by atoms with Crippen molar-refractivity contribution in [3.05, 3.63) is 65.7 Å². The topological polar surface area (TPSA) is 88.0 Å². The van der Waals surface area contributed by atoms with E-state index in [-0.39, 0.29) is 5.91 Å². The minimum Gasteiger partial charge on any atom is -0.465 e. The normalized spacial score (nSPS) is 28.0. The van der Waals surface area contributed by atoms with Crippen molar-refractivity contribution in [3.63, 3.8) is 0 Å². The lowest BCUT2D eigenvalue weighted by Crippen LogP contribution is -2.53. The van der Waals surface area contributed by atoms with Crippen molar-refractivity contribution in [2.45, 2.75) is 63.6 Å². The van der Waals surface area contributed by atoms with Crippen LogP contribution in [-0.4, -0.2) is 41.2 Å². The van der Waals surface area contributed by atoms with Crippen LogP contribution >= 0.6 is 0 Å². The highest BCUT2D eigenvalue weighted by Gasteiger charge is 2.46. The number of para-hydroxylation sites is 1. The molecule has 2 aliphatic rings. The number of aliphatic hydroxyl groups excluding tert-OH is 2. The van der Waals surface area contributed by atoms with E-state index < -0.39 is 30.5 Å². The molecular formula is C26H33NO5. The number of hydrogen-bond donors (Lipinski definition) is 3. The number of amides is 1. The smallest absolute Gasteiger partial charge is 0.216 e. The highest BCUT2D eigenvalue weighted by atomic mass is 16.7. The number of carbonyl (C=O) groups excluding carboxylic acids is 1. The van der Waals surface area contributed by atoms with Crippen molar-refractivity contribution in [2.75, 3.05) is 6.54 Å². The van der Waals surface area contributed by atoms with Crippen LogP contribution in [0.2, 0.25) is 0 Å².